The highest BCUT2D eigenvalue weighted by atomic mass is 16.6. The molecule has 7 nitrogen and oxygen atoms in total. The monoisotopic (exact) mass is 266 g/mol. The molecule has 0 bridgehead atoms. The van der Waals surface area contributed by atoms with Crippen molar-refractivity contribution in [2.45, 2.75) is 19.4 Å². The lowest BCUT2D eigenvalue weighted by Crippen LogP contribution is -2.42. The van der Waals surface area contributed by atoms with E-state index in [1.165, 1.54) is 16.7 Å². The van der Waals surface area contributed by atoms with Crippen LogP contribution in [0.5, 0.6) is 0 Å². The van der Waals surface area contributed by atoms with Crippen molar-refractivity contribution < 1.29 is 9.72 Å². The SMILES string of the molecule is CCN(C(=O)c1ccc([N+](=O)[O-])n1C)C1CCNC1. The van der Waals surface area contributed by atoms with Crippen LogP contribution in [-0.4, -0.2) is 46.0 Å². The van der Waals surface area contributed by atoms with Crippen molar-refractivity contribution in [3.63, 3.8) is 0 Å². The van der Waals surface area contributed by atoms with E-state index in [1.807, 2.05) is 6.92 Å². The normalized spacial score (nSPS) is 18.5. The van der Waals surface area contributed by atoms with E-state index in [0.717, 1.165) is 19.5 Å². The van der Waals surface area contributed by atoms with Crippen LogP contribution in [0.3, 0.4) is 0 Å². The molecule has 104 valence electrons. The third-order valence-corrected chi connectivity index (χ3v) is 3.58. The minimum absolute atomic E-state index is 0.0658. The Hall–Kier alpha value is -1.89. The summed E-state index contributed by atoms with van der Waals surface area (Å²) in [6.07, 6.45) is 0.923. The lowest BCUT2D eigenvalue weighted by atomic mass is 10.2. The Balaban J connectivity index is 2.24. The zero-order chi connectivity index (χ0) is 14.0. The van der Waals surface area contributed by atoms with Crippen LogP contribution < -0.4 is 5.32 Å². The average molecular weight is 266 g/mol. The Labute approximate surface area is 111 Å². The third kappa shape index (κ3) is 2.46. The fraction of sp³-hybridized carbons (Fsp3) is 0.583. The standard InChI is InChI=1S/C12H18N4O3/c1-3-15(9-6-7-13-8-9)12(17)10-4-5-11(14(10)2)16(18)19/h4-5,9,13H,3,6-8H2,1-2H3. The fourth-order valence-electron chi connectivity index (χ4n) is 2.52. The number of aromatic nitrogens is 1. The van der Waals surface area contributed by atoms with E-state index < -0.39 is 4.92 Å². The number of carbonyl (C=O) groups is 1. The number of amides is 1. The van der Waals surface area contributed by atoms with E-state index >= 15 is 0 Å². The number of rotatable bonds is 4. The molecule has 19 heavy (non-hydrogen) atoms. The maximum atomic E-state index is 12.5. The molecule has 1 amide bonds. The second-order valence-electron chi connectivity index (χ2n) is 4.63. The average Bonchev–Trinajstić information content (AvgIpc) is 2.99. The van der Waals surface area contributed by atoms with Crippen molar-refractivity contribution in [3.8, 4) is 0 Å². The highest BCUT2D eigenvalue weighted by Gasteiger charge is 2.30. The predicted octanol–water partition coefficient (Wildman–Crippen LogP) is 0.757. The lowest BCUT2D eigenvalue weighted by Gasteiger charge is -2.26. The quantitative estimate of drug-likeness (QED) is 0.644. The summed E-state index contributed by atoms with van der Waals surface area (Å²) in [5.74, 6) is -0.212. The van der Waals surface area contributed by atoms with Gasteiger partial charge < -0.3 is 20.3 Å². The van der Waals surface area contributed by atoms with E-state index in [-0.39, 0.29) is 17.8 Å². The Morgan fingerprint density at radius 1 is 1.63 bits per heavy atom. The Morgan fingerprint density at radius 2 is 2.37 bits per heavy atom. The van der Waals surface area contributed by atoms with E-state index in [0.29, 0.717) is 12.2 Å². The smallest absolute Gasteiger partial charge is 0.323 e. The molecular formula is C12H18N4O3. The molecule has 0 aromatic carbocycles. The zero-order valence-corrected chi connectivity index (χ0v) is 11.1. The van der Waals surface area contributed by atoms with E-state index in [9.17, 15) is 14.9 Å². The first-order chi connectivity index (χ1) is 9.06. The number of hydrogen-bond acceptors (Lipinski definition) is 4. The van der Waals surface area contributed by atoms with Gasteiger partial charge in [-0.1, -0.05) is 0 Å². The van der Waals surface area contributed by atoms with Gasteiger partial charge in [0.25, 0.3) is 5.91 Å². The number of nitro groups is 1. The van der Waals surface area contributed by atoms with Gasteiger partial charge in [-0.15, -0.1) is 0 Å². The molecule has 7 heteroatoms. The van der Waals surface area contributed by atoms with E-state index in [2.05, 4.69) is 5.32 Å². The Kier molecular flexibility index (Phi) is 3.84. The summed E-state index contributed by atoms with van der Waals surface area (Å²) in [4.78, 5) is 24.6. The van der Waals surface area contributed by atoms with Crippen LogP contribution in [0.1, 0.15) is 23.8 Å². The van der Waals surface area contributed by atoms with Crippen molar-refractivity contribution in [2.24, 2.45) is 7.05 Å². The minimum atomic E-state index is -0.482. The first-order valence-corrected chi connectivity index (χ1v) is 6.38. The van der Waals surface area contributed by atoms with Gasteiger partial charge in [0.2, 0.25) is 0 Å². The van der Waals surface area contributed by atoms with E-state index in [1.54, 1.807) is 11.9 Å². The fourth-order valence-corrected chi connectivity index (χ4v) is 2.52. The maximum absolute atomic E-state index is 12.5. The number of hydrogen-bond donors (Lipinski definition) is 1. The number of carbonyl (C=O) groups excluding carboxylic acids is 1. The molecule has 1 saturated heterocycles. The molecule has 0 radical (unpaired) electrons. The molecule has 0 spiro atoms. The highest BCUT2D eigenvalue weighted by Crippen LogP contribution is 2.19. The van der Waals surface area contributed by atoms with Gasteiger partial charge in [0.05, 0.1) is 7.05 Å². The molecule has 1 N–H and O–H groups in total. The summed E-state index contributed by atoms with van der Waals surface area (Å²) in [7, 11) is 1.55. The number of nitrogens with zero attached hydrogens (tertiary/aromatic N) is 3. The van der Waals surface area contributed by atoms with Crippen molar-refractivity contribution in [1.29, 1.82) is 0 Å². The summed E-state index contributed by atoms with van der Waals surface area (Å²) in [6.45, 7) is 4.21. The molecule has 1 atom stereocenters. The number of likely N-dealkylation sites (N-methyl/N-ethyl adjacent to an activating group) is 1. The van der Waals surface area contributed by atoms with Gasteiger partial charge in [-0.2, -0.15) is 0 Å². The molecule has 2 rings (SSSR count). The van der Waals surface area contributed by atoms with Gasteiger partial charge in [0.15, 0.2) is 5.69 Å². The highest BCUT2D eigenvalue weighted by molar-refractivity contribution is 5.93. The van der Waals surface area contributed by atoms with Crippen LogP contribution in [0.15, 0.2) is 12.1 Å². The Morgan fingerprint density at radius 3 is 2.84 bits per heavy atom. The summed E-state index contributed by atoms with van der Waals surface area (Å²) < 4.78 is 1.34. The van der Waals surface area contributed by atoms with Gasteiger partial charge in [-0.3, -0.25) is 4.79 Å². The lowest BCUT2D eigenvalue weighted by molar-refractivity contribution is -0.391. The largest absolute Gasteiger partial charge is 0.358 e. The van der Waals surface area contributed by atoms with Crippen molar-refractivity contribution in [2.75, 3.05) is 19.6 Å². The van der Waals surface area contributed by atoms with Crippen molar-refractivity contribution in [1.82, 2.24) is 14.8 Å². The maximum Gasteiger partial charge on any atom is 0.323 e. The first-order valence-electron chi connectivity index (χ1n) is 6.38. The second kappa shape index (κ2) is 5.40. The van der Waals surface area contributed by atoms with Gasteiger partial charge in [0.1, 0.15) is 0 Å². The van der Waals surface area contributed by atoms with Crippen LogP contribution in [0.2, 0.25) is 0 Å². The van der Waals surface area contributed by atoms with Crippen LogP contribution in [0.25, 0.3) is 0 Å². The second-order valence-corrected chi connectivity index (χ2v) is 4.63. The molecule has 0 saturated carbocycles. The molecular weight excluding hydrogens is 248 g/mol. The molecule has 1 aliphatic heterocycles. The molecule has 1 unspecified atom stereocenters. The summed E-state index contributed by atoms with van der Waals surface area (Å²) in [6, 6.07) is 3.06. The van der Waals surface area contributed by atoms with E-state index in [4.69, 9.17) is 0 Å². The molecule has 2 heterocycles. The number of nitrogens with one attached hydrogen (secondary N) is 1. The van der Waals surface area contributed by atoms with Gasteiger partial charge in [-0.05, 0) is 30.9 Å². The van der Waals surface area contributed by atoms with Gasteiger partial charge >= 0.3 is 5.82 Å². The molecule has 1 fully saturated rings. The molecule has 1 aromatic rings. The molecule has 0 aliphatic carbocycles. The van der Waals surface area contributed by atoms with Crippen molar-refractivity contribution in [3.05, 3.63) is 27.9 Å². The van der Waals surface area contributed by atoms with Crippen LogP contribution in [-0.2, 0) is 7.05 Å². The van der Waals surface area contributed by atoms with Crippen LogP contribution in [0.4, 0.5) is 5.82 Å². The summed E-state index contributed by atoms with van der Waals surface area (Å²) in [5, 5.41) is 14.0. The predicted molar refractivity (Wildman–Crippen MR) is 70.1 cm³/mol. The first kappa shape index (κ1) is 13.5. The van der Waals surface area contributed by atoms with Gasteiger partial charge in [0, 0.05) is 25.2 Å². The topological polar surface area (TPSA) is 80.4 Å². The van der Waals surface area contributed by atoms with Crippen LogP contribution in [0, 0.1) is 10.1 Å². The van der Waals surface area contributed by atoms with Crippen LogP contribution >= 0.6 is 0 Å². The van der Waals surface area contributed by atoms with Crippen molar-refractivity contribution >= 4 is 11.7 Å². The van der Waals surface area contributed by atoms with Gasteiger partial charge in [-0.25, -0.2) is 4.57 Å². The summed E-state index contributed by atoms with van der Waals surface area (Å²) >= 11 is 0. The Bertz CT molecular complexity index is 491. The molecule has 1 aromatic heterocycles. The zero-order valence-electron chi connectivity index (χ0n) is 11.1. The molecule has 1 aliphatic rings. The third-order valence-electron chi connectivity index (χ3n) is 3.58. The summed E-state index contributed by atoms with van der Waals surface area (Å²) in [5.41, 5.74) is 0.362. The minimum Gasteiger partial charge on any atom is -0.358 e.